The van der Waals surface area contributed by atoms with E-state index in [1.807, 2.05) is 48.5 Å². The number of fused-ring (bicyclic) bond motifs is 3. The maximum atomic E-state index is 12.9. The summed E-state index contributed by atoms with van der Waals surface area (Å²) in [5, 5.41) is 32.1. The molecule has 35 heavy (non-hydrogen) atoms. The Labute approximate surface area is 199 Å². The van der Waals surface area contributed by atoms with Crippen LogP contribution in [0.15, 0.2) is 66.7 Å². The molecule has 9 heteroatoms. The Morgan fingerprint density at radius 1 is 1.03 bits per heavy atom. The molecule has 3 N–H and O–H groups in total. The normalized spacial score (nSPS) is 14.4. The number of alkyl carbamates (subject to hydrolysis) is 1. The van der Waals surface area contributed by atoms with E-state index >= 15 is 0 Å². The van der Waals surface area contributed by atoms with Crippen LogP contribution in [0.4, 0.5) is 18.0 Å². The van der Waals surface area contributed by atoms with Gasteiger partial charge in [-0.2, -0.15) is 18.4 Å². The molecule has 3 aromatic rings. The van der Waals surface area contributed by atoms with Gasteiger partial charge in [0.05, 0.1) is 17.2 Å². The zero-order chi connectivity index (χ0) is 25.2. The number of alkyl halides is 3. The molecule has 180 valence electrons. The van der Waals surface area contributed by atoms with Gasteiger partial charge in [-0.3, -0.25) is 0 Å². The summed E-state index contributed by atoms with van der Waals surface area (Å²) in [5.74, 6) is -0.158. The van der Waals surface area contributed by atoms with Crippen LogP contribution in [0.5, 0.6) is 0 Å². The molecule has 0 radical (unpaired) electrons. The number of ether oxygens (including phenoxy) is 1. The van der Waals surface area contributed by atoms with E-state index in [-0.39, 0.29) is 18.1 Å². The van der Waals surface area contributed by atoms with Crippen LogP contribution in [0.3, 0.4) is 0 Å². The predicted octanol–water partition coefficient (Wildman–Crippen LogP) is 4.51. The van der Waals surface area contributed by atoms with Crippen molar-refractivity contribution in [1.82, 2.24) is 5.32 Å². The first-order valence-electron chi connectivity index (χ1n) is 10.8. The number of aliphatic hydroxyl groups is 2. The minimum Gasteiger partial charge on any atom is -0.449 e. The van der Waals surface area contributed by atoms with Gasteiger partial charge in [0, 0.05) is 18.0 Å². The molecule has 0 saturated carbocycles. The lowest BCUT2D eigenvalue weighted by molar-refractivity contribution is -0.137. The Morgan fingerprint density at radius 3 is 2.20 bits per heavy atom. The van der Waals surface area contributed by atoms with Crippen LogP contribution < -0.4 is 5.32 Å². The van der Waals surface area contributed by atoms with Gasteiger partial charge in [0.25, 0.3) is 0 Å². The molecule has 1 aliphatic carbocycles. The van der Waals surface area contributed by atoms with Gasteiger partial charge in [0.2, 0.25) is 0 Å². The second-order valence-electron chi connectivity index (χ2n) is 8.13. The van der Waals surface area contributed by atoms with E-state index in [0.717, 1.165) is 28.3 Å². The molecule has 2 atom stereocenters. The first kappa shape index (κ1) is 24.3. The van der Waals surface area contributed by atoms with Crippen LogP contribution in [-0.2, 0) is 10.9 Å². The average Bonchev–Trinajstić information content (AvgIpc) is 3.18. The molecule has 4 rings (SSSR count). The van der Waals surface area contributed by atoms with Crippen LogP contribution in [0.2, 0.25) is 0 Å². The quantitative estimate of drug-likeness (QED) is 0.480. The number of nitrogens with one attached hydrogen (secondary N) is 1. The van der Waals surface area contributed by atoms with E-state index in [1.54, 1.807) is 6.07 Å². The molecule has 6 nitrogen and oxygen atoms in total. The lowest BCUT2D eigenvalue weighted by atomic mass is 9.97. The van der Waals surface area contributed by atoms with E-state index in [1.165, 1.54) is 0 Å². The van der Waals surface area contributed by atoms with Gasteiger partial charge < -0.3 is 20.3 Å². The Balaban J connectivity index is 1.36. The number of rotatable bonds is 6. The smallest absolute Gasteiger partial charge is 0.416 e. The van der Waals surface area contributed by atoms with Crippen molar-refractivity contribution in [1.29, 1.82) is 5.26 Å². The van der Waals surface area contributed by atoms with Crippen LogP contribution in [-0.4, -0.2) is 35.6 Å². The van der Waals surface area contributed by atoms with Crippen molar-refractivity contribution in [2.45, 2.75) is 24.3 Å². The highest BCUT2D eigenvalue weighted by molar-refractivity contribution is 5.79. The zero-order valence-corrected chi connectivity index (χ0v) is 18.3. The second kappa shape index (κ2) is 9.78. The SMILES string of the molecule is N#Cc1cc(C(F)(F)F)ccc1C(O)C(O)CNC(=O)OCC1c2ccccc2-c2ccccc21. The first-order valence-corrected chi connectivity index (χ1v) is 10.8. The molecule has 1 aliphatic rings. The third-order valence-electron chi connectivity index (χ3n) is 5.98. The molecule has 2 unspecified atom stereocenters. The number of carbonyl (C=O) groups excluding carboxylic acids is 1. The summed E-state index contributed by atoms with van der Waals surface area (Å²) < 4.78 is 44.0. The Morgan fingerprint density at radius 2 is 1.63 bits per heavy atom. The van der Waals surface area contributed by atoms with Gasteiger partial charge in [-0.1, -0.05) is 54.6 Å². The molecular weight excluding hydrogens is 461 g/mol. The fourth-order valence-electron chi connectivity index (χ4n) is 4.24. The number of nitriles is 1. The van der Waals surface area contributed by atoms with E-state index in [9.17, 15) is 33.4 Å². The molecule has 0 fully saturated rings. The third-order valence-corrected chi connectivity index (χ3v) is 5.98. The van der Waals surface area contributed by atoms with Gasteiger partial charge in [-0.05, 0) is 34.4 Å². The van der Waals surface area contributed by atoms with Crippen molar-refractivity contribution >= 4 is 6.09 Å². The van der Waals surface area contributed by atoms with Gasteiger partial charge in [0.1, 0.15) is 18.8 Å². The Bertz CT molecular complexity index is 1240. The van der Waals surface area contributed by atoms with Gasteiger partial charge >= 0.3 is 12.3 Å². The number of carbonyl (C=O) groups is 1. The number of halogens is 3. The lowest BCUT2D eigenvalue weighted by Crippen LogP contribution is -2.36. The van der Waals surface area contributed by atoms with Crippen LogP contribution >= 0.6 is 0 Å². The summed E-state index contributed by atoms with van der Waals surface area (Å²) in [5.41, 5.74) is 2.55. The Kier molecular flexibility index (Phi) is 6.78. The first-order chi connectivity index (χ1) is 16.7. The van der Waals surface area contributed by atoms with E-state index in [0.29, 0.717) is 12.1 Å². The van der Waals surface area contributed by atoms with Gasteiger partial charge in [0.15, 0.2) is 0 Å². The molecule has 0 spiro atoms. The van der Waals surface area contributed by atoms with Crippen LogP contribution in [0.1, 0.15) is 39.8 Å². The summed E-state index contributed by atoms with van der Waals surface area (Å²) in [6.45, 7) is -0.389. The van der Waals surface area contributed by atoms with E-state index in [4.69, 9.17) is 4.74 Å². The minimum absolute atomic E-state index is 0.0516. The van der Waals surface area contributed by atoms with Crippen molar-refractivity contribution in [3.05, 3.63) is 94.5 Å². The fraction of sp³-hybridized carbons (Fsp3) is 0.231. The summed E-state index contributed by atoms with van der Waals surface area (Å²) >= 11 is 0. The summed E-state index contributed by atoms with van der Waals surface area (Å²) in [6, 6.07) is 19.5. The van der Waals surface area contributed by atoms with Crippen molar-refractivity contribution < 1.29 is 32.9 Å². The molecule has 1 amide bonds. The standard InChI is InChI=1S/C26H21F3N2O4/c27-26(28,29)16-9-10-17(15(11-16)12-30)24(33)23(32)13-31-25(34)35-14-22-20-7-3-1-5-18(20)19-6-2-4-8-21(19)22/h1-11,22-24,32-33H,13-14H2,(H,31,34). The number of nitrogens with zero attached hydrogens (tertiary/aromatic N) is 1. The zero-order valence-electron chi connectivity index (χ0n) is 18.3. The minimum atomic E-state index is -4.65. The molecular formula is C26H21F3N2O4. The van der Waals surface area contributed by atoms with Gasteiger partial charge in [-0.15, -0.1) is 0 Å². The fourth-order valence-corrected chi connectivity index (χ4v) is 4.24. The highest BCUT2D eigenvalue weighted by Crippen LogP contribution is 2.44. The van der Waals surface area contributed by atoms with E-state index in [2.05, 4.69) is 5.32 Å². The topological polar surface area (TPSA) is 103 Å². The number of hydrogen-bond acceptors (Lipinski definition) is 5. The van der Waals surface area contributed by atoms with Crippen LogP contribution in [0.25, 0.3) is 11.1 Å². The molecule has 3 aromatic carbocycles. The monoisotopic (exact) mass is 482 g/mol. The van der Waals surface area contributed by atoms with Crippen molar-refractivity contribution in [3.8, 4) is 17.2 Å². The number of benzene rings is 3. The molecule has 0 saturated heterocycles. The largest absolute Gasteiger partial charge is 0.449 e. The molecule has 0 heterocycles. The second-order valence-corrected chi connectivity index (χ2v) is 8.13. The van der Waals surface area contributed by atoms with Crippen molar-refractivity contribution in [3.63, 3.8) is 0 Å². The maximum absolute atomic E-state index is 12.9. The highest BCUT2D eigenvalue weighted by atomic mass is 19.4. The maximum Gasteiger partial charge on any atom is 0.416 e. The lowest BCUT2D eigenvalue weighted by Gasteiger charge is -2.21. The summed E-state index contributed by atoms with van der Waals surface area (Å²) in [4.78, 5) is 12.3. The number of hydrogen-bond donors (Lipinski definition) is 3. The predicted molar refractivity (Wildman–Crippen MR) is 120 cm³/mol. The molecule has 0 aromatic heterocycles. The van der Waals surface area contributed by atoms with Crippen molar-refractivity contribution in [2.75, 3.05) is 13.2 Å². The van der Waals surface area contributed by atoms with Gasteiger partial charge in [-0.25, -0.2) is 4.79 Å². The Hall–Kier alpha value is -3.87. The van der Waals surface area contributed by atoms with Crippen LogP contribution in [0, 0.1) is 11.3 Å². The summed E-state index contributed by atoms with van der Waals surface area (Å²) in [6.07, 6.45) is -8.76. The number of amides is 1. The summed E-state index contributed by atoms with van der Waals surface area (Å²) in [7, 11) is 0. The number of aliphatic hydroxyl groups excluding tert-OH is 2. The van der Waals surface area contributed by atoms with E-state index < -0.39 is 42.1 Å². The molecule has 0 bridgehead atoms. The molecule has 0 aliphatic heterocycles. The van der Waals surface area contributed by atoms with Crippen molar-refractivity contribution in [2.24, 2.45) is 0 Å². The highest BCUT2D eigenvalue weighted by Gasteiger charge is 2.33. The third kappa shape index (κ3) is 4.99. The average molecular weight is 482 g/mol.